The van der Waals surface area contributed by atoms with Crippen LogP contribution in [0.25, 0.3) is 0 Å². The van der Waals surface area contributed by atoms with Crippen LogP contribution in [0, 0.1) is 14.9 Å². The largest absolute Gasteiger partial charge is 0.295 e. The highest BCUT2D eigenvalue weighted by Gasteiger charge is 2.13. The summed E-state index contributed by atoms with van der Waals surface area (Å²) < 4.78 is 1.12. The molecule has 0 aliphatic rings. The molecular weight excluding hydrogens is 327 g/mol. The molecule has 0 amide bonds. The summed E-state index contributed by atoms with van der Waals surface area (Å²) in [6.07, 6.45) is 0.441. The summed E-state index contributed by atoms with van der Waals surface area (Å²) in [6.45, 7) is 2.30. The van der Waals surface area contributed by atoms with E-state index in [1.54, 1.807) is 0 Å². The van der Waals surface area contributed by atoms with Gasteiger partial charge in [-0.15, -0.1) is 0 Å². The van der Waals surface area contributed by atoms with E-state index in [4.69, 9.17) is 5.26 Å². The van der Waals surface area contributed by atoms with Crippen LogP contribution in [-0.2, 0) is 0 Å². The summed E-state index contributed by atoms with van der Waals surface area (Å²) in [6, 6.07) is 9.75. The number of hydrogen-bond donors (Lipinski definition) is 0. The molecule has 0 heterocycles. The van der Waals surface area contributed by atoms with Gasteiger partial charge in [-0.1, -0.05) is 12.1 Å². The highest BCUT2D eigenvalue weighted by atomic mass is 127. The summed E-state index contributed by atoms with van der Waals surface area (Å²) in [5, 5.41) is 8.60. The van der Waals surface area contributed by atoms with Gasteiger partial charge in [-0.2, -0.15) is 5.26 Å². The van der Waals surface area contributed by atoms with Crippen molar-refractivity contribution in [1.29, 1.82) is 5.26 Å². The van der Waals surface area contributed by atoms with Gasteiger partial charge in [-0.3, -0.25) is 9.69 Å². The average Bonchev–Trinajstić information content (AvgIpc) is 2.30. The summed E-state index contributed by atoms with van der Waals surface area (Å²) in [5.74, 6) is 0.0914. The molecule has 17 heavy (non-hydrogen) atoms. The third kappa shape index (κ3) is 4.44. The number of ketones is 1. The van der Waals surface area contributed by atoms with E-state index in [2.05, 4.69) is 28.7 Å². The van der Waals surface area contributed by atoms with E-state index in [0.717, 1.165) is 9.13 Å². The van der Waals surface area contributed by atoms with Crippen LogP contribution < -0.4 is 0 Å². The van der Waals surface area contributed by atoms with Crippen molar-refractivity contribution in [2.75, 3.05) is 13.6 Å². The van der Waals surface area contributed by atoms with E-state index in [9.17, 15) is 4.79 Å². The lowest BCUT2D eigenvalue weighted by atomic mass is 10.1. The van der Waals surface area contributed by atoms with Crippen LogP contribution >= 0.6 is 22.6 Å². The second-order valence-corrected chi connectivity index (χ2v) is 5.30. The number of benzene rings is 1. The zero-order chi connectivity index (χ0) is 12.8. The van der Waals surface area contributed by atoms with Crippen LogP contribution in [0.4, 0.5) is 0 Å². The molecule has 0 fully saturated rings. The molecular formula is C13H15IN2O. The Bertz CT molecular complexity index is 422. The normalized spacial score (nSPS) is 12.2. The molecule has 0 aliphatic heterocycles. The monoisotopic (exact) mass is 342 g/mol. The van der Waals surface area contributed by atoms with Crippen LogP contribution in [-0.4, -0.2) is 30.3 Å². The van der Waals surface area contributed by atoms with Gasteiger partial charge >= 0.3 is 0 Å². The van der Waals surface area contributed by atoms with Crippen LogP contribution in [0.3, 0.4) is 0 Å². The molecule has 1 aromatic rings. The minimum absolute atomic E-state index is 0.0914. The van der Waals surface area contributed by atoms with Gasteiger partial charge in [0.1, 0.15) is 0 Å². The second kappa shape index (κ2) is 6.72. The Kier molecular flexibility index (Phi) is 5.59. The molecule has 1 rings (SSSR count). The number of nitrogens with zero attached hydrogens (tertiary/aromatic N) is 2. The van der Waals surface area contributed by atoms with Crippen LogP contribution in [0.15, 0.2) is 24.3 Å². The van der Waals surface area contributed by atoms with E-state index in [-0.39, 0.29) is 11.8 Å². The van der Waals surface area contributed by atoms with E-state index in [1.807, 2.05) is 43.1 Å². The summed E-state index contributed by atoms with van der Waals surface area (Å²) >= 11 is 2.21. The Hall–Kier alpha value is -0.930. The highest BCUT2D eigenvalue weighted by Crippen LogP contribution is 2.09. The maximum atomic E-state index is 11.9. The van der Waals surface area contributed by atoms with Gasteiger partial charge in [0.25, 0.3) is 0 Å². The Morgan fingerprint density at radius 3 is 2.59 bits per heavy atom. The first kappa shape index (κ1) is 14.1. The third-order valence-electron chi connectivity index (χ3n) is 2.70. The number of carbonyl (C=O) groups is 1. The van der Waals surface area contributed by atoms with E-state index >= 15 is 0 Å². The lowest BCUT2D eigenvalue weighted by Crippen LogP contribution is -2.33. The van der Waals surface area contributed by atoms with Gasteiger partial charge in [0, 0.05) is 15.2 Å². The van der Waals surface area contributed by atoms with Crippen LogP contribution in [0.1, 0.15) is 23.7 Å². The Morgan fingerprint density at radius 1 is 1.47 bits per heavy atom. The van der Waals surface area contributed by atoms with Crippen molar-refractivity contribution in [2.24, 2.45) is 0 Å². The molecule has 0 aliphatic carbocycles. The summed E-state index contributed by atoms with van der Waals surface area (Å²) in [5.41, 5.74) is 0.724. The molecule has 1 atom stereocenters. The fourth-order valence-corrected chi connectivity index (χ4v) is 1.76. The first-order valence-corrected chi connectivity index (χ1v) is 6.48. The predicted molar refractivity (Wildman–Crippen MR) is 75.8 cm³/mol. The van der Waals surface area contributed by atoms with Gasteiger partial charge in [-0.25, -0.2) is 0 Å². The van der Waals surface area contributed by atoms with Crippen LogP contribution in [0.5, 0.6) is 0 Å². The molecule has 4 heteroatoms. The van der Waals surface area contributed by atoms with Crippen molar-refractivity contribution in [2.45, 2.75) is 19.4 Å². The Labute approximate surface area is 116 Å². The van der Waals surface area contributed by atoms with Crippen molar-refractivity contribution in [1.82, 2.24) is 4.90 Å². The van der Waals surface area contributed by atoms with Gasteiger partial charge in [0.15, 0.2) is 5.78 Å². The number of carbonyl (C=O) groups excluding carboxylic acids is 1. The lowest BCUT2D eigenvalue weighted by molar-refractivity contribution is 0.0926. The molecule has 1 unspecified atom stereocenters. The van der Waals surface area contributed by atoms with Crippen molar-refractivity contribution < 1.29 is 4.79 Å². The molecule has 0 saturated carbocycles. The van der Waals surface area contributed by atoms with E-state index in [1.165, 1.54) is 0 Å². The van der Waals surface area contributed by atoms with Gasteiger partial charge < -0.3 is 0 Å². The molecule has 0 N–H and O–H groups in total. The summed E-state index contributed by atoms with van der Waals surface area (Å²) in [4.78, 5) is 13.9. The molecule has 0 saturated heterocycles. The first-order chi connectivity index (χ1) is 8.04. The fraction of sp³-hybridized carbons (Fsp3) is 0.385. The van der Waals surface area contributed by atoms with Crippen molar-refractivity contribution in [3.63, 3.8) is 0 Å². The van der Waals surface area contributed by atoms with Gasteiger partial charge in [0.2, 0.25) is 0 Å². The van der Waals surface area contributed by atoms with Crippen molar-refractivity contribution >= 4 is 28.4 Å². The maximum Gasteiger partial charge on any atom is 0.176 e. The van der Waals surface area contributed by atoms with E-state index < -0.39 is 0 Å². The van der Waals surface area contributed by atoms with E-state index in [0.29, 0.717) is 13.0 Å². The molecule has 0 bridgehead atoms. The molecule has 90 valence electrons. The first-order valence-electron chi connectivity index (χ1n) is 5.40. The zero-order valence-electron chi connectivity index (χ0n) is 9.98. The zero-order valence-corrected chi connectivity index (χ0v) is 12.1. The molecule has 0 aromatic heterocycles. The maximum absolute atomic E-state index is 11.9. The molecule has 0 radical (unpaired) electrons. The minimum Gasteiger partial charge on any atom is -0.295 e. The van der Waals surface area contributed by atoms with Crippen molar-refractivity contribution in [3.05, 3.63) is 33.4 Å². The number of rotatable bonds is 5. The van der Waals surface area contributed by atoms with Crippen molar-refractivity contribution in [3.8, 4) is 6.07 Å². The van der Waals surface area contributed by atoms with Gasteiger partial charge in [-0.05, 0) is 48.7 Å². The molecule has 1 aromatic carbocycles. The smallest absolute Gasteiger partial charge is 0.176 e. The number of halogens is 1. The Balaban J connectivity index is 2.60. The predicted octanol–water partition coefficient (Wildman–Crippen LogP) is 2.71. The number of likely N-dealkylation sites (N-methyl/N-ethyl adjacent to an activating group) is 1. The molecule has 3 nitrogen and oxygen atoms in total. The third-order valence-corrected chi connectivity index (χ3v) is 3.42. The second-order valence-electron chi connectivity index (χ2n) is 4.06. The van der Waals surface area contributed by atoms with Crippen LogP contribution in [0.2, 0.25) is 0 Å². The minimum atomic E-state index is 0.0914. The average molecular weight is 342 g/mol. The number of nitriles is 1. The van der Waals surface area contributed by atoms with Gasteiger partial charge in [0.05, 0.1) is 19.0 Å². The fourth-order valence-electron chi connectivity index (χ4n) is 1.40. The quantitative estimate of drug-likeness (QED) is 0.611. The standard InChI is InChI=1S/C13H15IN2O/c1-10(7-8-15)16(2)9-13(17)11-3-5-12(14)6-4-11/h3-6,10H,7,9H2,1-2H3. The lowest BCUT2D eigenvalue weighted by Gasteiger charge is -2.21. The Morgan fingerprint density at radius 2 is 2.06 bits per heavy atom. The SMILES string of the molecule is CC(CC#N)N(C)CC(=O)c1ccc(I)cc1. The summed E-state index contributed by atoms with van der Waals surface area (Å²) in [7, 11) is 1.87. The topological polar surface area (TPSA) is 44.1 Å². The number of Topliss-reactive ketones (excluding diaryl/α,β-unsaturated/α-hetero) is 1. The molecule has 0 spiro atoms. The highest BCUT2D eigenvalue weighted by molar-refractivity contribution is 14.1. The number of hydrogen-bond acceptors (Lipinski definition) is 3.